The Morgan fingerprint density at radius 1 is 1.17 bits per heavy atom. The Bertz CT molecular complexity index is 918. The minimum atomic E-state index is -2.92. The third-order valence-corrected chi connectivity index (χ3v) is 4.59. The molecule has 1 N–H and O–H groups in total. The van der Waals surface area contributed by atoms with E-state index in [1.807, 2.05) is 30.3 Å². The Kier molecular flexibility index (Phi) is 6.21. The summed E-state index contributed by atoms with van der Waals surface area (Å²) >= 11 is 0. The summed E-state index contributed by atoms with van der Waals surface area (Å²) in [5, 5.41) is 8.71. The number of nitrogens with zero attached hydrogens (tertiary/aromatic N) is 2. The van der Waals surface area contributed by atoms with Crippen LogP contribution in [-0.2, 0) is 9.59 Å². The first-order valence-electron chi connectivity index (χ1n) is 9.13. The van der Waals surface area contributed by atoms with Crippen LogP contribution in [0.2, 0.25) is 0 Å². The van der Waals surface area contributed by atoms with E-state index in [0.29, 0.717) is 5.56 Å². The molecule has 1 heterocycles. The molecule has 3 rings (SSSR count). The molecule has 2 aromatic carbocycles. The van der Waals surface area contributed by atoms with Crippen LogP contribution in [0.15, 0.2) is 59.7 Å². The molecule has 0 bridgehead atoms. The molecule has 2 unspecified atom stereocenters. The maximum atomic E-state index is 12.7. The van der Waals surface area contributed by atoms with E-state index in [1.54, 1.807) is 24.1 Å². The maximum absolute atomic E-state index is 12.7. The van der Waals surface area contributed by atoms with Gasteiger partial charge in [0.15, 0.2) is 5.78 Å². The Balaban J connectivity index is 1.74. The smallest absolute Gasteiger partial charge is 0.387 e. The fraction of sp³-hybridized carbons (Fsp3) is 0.286. The number of benzene rings is 2. The minimum absolute atomic E-state index is 0.0173. The summed E-state index contributed by atoms with van der Waals surface area (Å²) in [6.07, 6.45) is 0.192. The van der Waals surface area contributed by atoms with Gasteiger partial charge in [0.2, 0.25) is 0 Å². The predicted molar refractivity (Wildman–Crippen MR) is 105 cm³/mol. The average Bonchev–Trinajstić information content (AvgIpc) is 3.14. The zero-order valence-electron chi connectivity index (χ0n) is 16.0. The molecule has 29 heavy (non-hydrogen) atoms. The molecule has 6 nitrogen and oxygen atoms in total. The van der Waals surface area contributed by atoms with Gasteiger partial charge in [-0.3, -0.25) is 14.6 Å². The van der Waals surface area contributed by atoms with Gasteiger partial charge in [-0.2, -0.15) is 13.9 Å². The van der Waals surface area contributed by atoms with Gasteiger partial charge in [0, 0.05) is 6.42 Å². The van der Waals surface area contributed by atoms with Gasteiger partial charge in [0.05, 0.1) is 11.7 Å². The molecule has 0 aliphatic carbocycles. The van der Waals surface area contributed by atoms with Crippen molar-refractivity contribution < 1.29 is 23.1 Å². The van der Waals surface area contributed by atoms with E-state index < -0.39 is 24.6 Å². The van der Waals surface area contributed by atoms with Gasteiger partial charge >= 0.3 is 6.61 Å². The summed E-state index contributed by atoms with van der Waals surface area (Å²) in [6.45, 7) is 0.274. The monoisotopic (exact) mass is 401 g/mol. The first-order chi connectivity index (χ1) is 13.8. The fourth-order valence-corrected chi connectivity index (χ4v) is 3.11. The molecule has 152 valence electrons. The van der Waals surface area contributed by atoms with Crippen molar-refractivity contribution in [3.63, 3.8) is 0 Å². The lowest BCUT2D eigenvalue weighted by Gasteiger charge is -2.20. The number of hydrazone groups is 1. The highest BCUT2D eigenvalue weighted by Gasteiger charge is 2.34. The third-order valence-electron chi connectivity index (χ3n) is 4.59. The Labute approximate surface area is 167 Å². The van der Waals surface area contributed by atoms with Crippen LogP contribution in [0.4, 0.5) is 14.5 Å². The second kappa shape index (κ2) is 8.81. The second-order valence-electron chi connectivity index (χ2n) is 6.70. The topological polar surface area (TPSA) is 71.0 Å². The normalized spacial score (nSPS) is 17.1. The van der Waals surface area contributed by atoms with Crippen molar-refractivity contribution in [3.8, 4) is 5.75 Å². The van der Waals surface area contributed by atoms with Gasteiger partial charge in [-0.1, -0.05) is 30.3 Å². The maximum Gasteiger partial charge on any atom is 0.387 e. The second-order valence-corrected chi connectivity index (χ2v) is 6.70. The number of ether oxygens (including phenoxy) is 1. The molecule has 0 radical (unpaired) electrons. The van der Waals surface area contributed by atoms with E-state index in [-0.39, 0.29) is 23.7 Å². The number of rotatable bonds is 7. The molecule has 2 aromatic rings. The van der Waals surface area contributed by atoms with Gasteiger partial charge in [-0.25, -0.2) is 0 Å². The van der Waals surface area contributed by atoms with Crippen LogP contribution in [0, 0.1) is 0 Å². The van der Waals surface area contributed by atoms with Crippen molar-refractivity contribution >= 4 is 23.1 Å². The molecule has 8 heteroatoms. The molecule has 0 saturated heterocycles. The van der Waals surface area contributed by atoms with Crippen molar-refractivity contribution in [1.29, 1.82) is 0 Å². The minimum Gasteiger partial charge on any atom is -0.435 e. The predicted octanol–water partition coefficient (Wildman–Crippen LogP) is 3.69. The number of alkyl halides is 2. The first-order valence-corrected chi connectivity index (χ1v) is 9.13. The summed E-state index contributed by atoms with van der Waals surface area (Å²) in [4.78, 5) is 24.8. The third kappa shape index (κ3) is 4.96. The highest BCUT2D eigenvalue weighted by Crippen LogP contribution is 2.26. The van der Waals surface area contributed by atoms with Gasteiger partial charge in [-0.15, -0.1) is 0 Å². The van der Waals surface area contributed by atoms with Crippen molar-refractivity contribution in [1.82, 2.24) is 5.32 Å². The zero-order chi connectivity index (χ0) is 21.0. The number of carbonyl (C=O) groups is 2. The zero-order valence-corrected chi connectivity index (χ0v) is 16.0. The molecule has 0 fully saturated rings. The highest BCUT2D eigenvalue weighted by atomic mass is 19.3. The molecule has 1 aliphatic heterocycles. The lowest BCUT2D eigenvalue weighted by molar-refractivity contribution is -0.118. The van der Waals surface area contributed by atoms with Crippen LogP contribution < -0.4 is 15.1 Å². The molecule has 0 spiro atoms. The number of para-hydroxylation sites is 1. The Morgan fingerprint density at radius 2 is 1.90 bits per heavy atom. The van der Waals surface area contributed by atoms with E-state index >= 15 is 0 Å². The Morgan fingerprint density at radius 3 is 2.55 bits per heavy atom. The van der Waals surface area contributed by atoms with Crippen molar-refractivity contribution in [3.05, 3.63) is 60.2 Å². The summed E-state index contributed by atoms with van der Waals surface area (Å²) in [5.41, 5.74) is 1.57. The van der Waals surface area contributed by atoms with Crippen LogP contribution >= 0.6 is 0 Å². The number of ketones is 1. The van der Waals surface area contributed by atoms with E-state index in [2.05, 4.69) is 15.2 Å². The van der Waals surface area contributed by atoms with Crippen molar-refractivity contribution in [2.45, 2.75) is 39.0 Å². The van der Waals surface area contributed by atoms with Crippen LogP contribution in [0.1, 0.15) is 31.9 Å². The van der Waals surface area contributed by atoms with E-state index in [4.69, 9.17) is 0 Å². The number of hydrogen-bond donors (Lipinski definition) is 1. The van der Waals surface area contributed by atoms with E-state index in [0.717, 1.165) is 5.69 Å². The lowest BCUT2D eigenvalue weighted by Crippen LogP contribution is -2.35. The highest BCUT2D eigenvalue weighted by molar-refractivity contribution is 6.40. The molecule has 2 atom stereocenters. The van der Waals surface area contributed by atoms with E-state index in [1.165, 1.54) is 19.1 Å². The summed E-state index contributed by atoms with van der Waals surface area (Å²) < 4.78 is 29.2. The van der Waals surface area contributed by atoms with Gasteiger partial charge in [0.1, 0.15) is 17.5 Å². The van der Waals surface area contributed by atoms with Gasteiger partial charge in [0.25, 0.3) is 5.91 Å². The number of halogens is 2. The molecular weight excluding hydrogens is 380 g/mol. The van der Waals surface area contributed by atoms with Crippen LogP contribution in [-0.4, -0.2) is 30.1 Å². The number of nitrogens with one attached hydrogen (secondary N) is 1. The largest absolute Gasteiger partial charge is 0.435 e. The molecular formula is C21H21F2N3O3. The molecule has 1 aliphatic rings. The molecule has 0 saturated carbocycles. The van der Waals surface area contributed by atoms with Crippen molar-refractivity contribution in [2.75, 3.05) is 5.01 Å². The van der Waals surface area contributed by atoms with Crippen LogP contribution in [0.25, 0.3) is 0 Å². The molecule has 0 aromatic heterocycles. The summed E-state index contributed by atoms with van der Waals surface area (Å²) in [7, 11) is 0. The van der Waals surface area contributed by atoms with Crippen LogP contribution in [0.3, 0.4) is 0 Å². The number of anilines is 1. The lowest BCUT2D eigenvalue weighted by atomic mass is 10.1. The summed E-state index contributed by atoms with van der Waals surface area (Å²) in [5.74, 6) is -0.489. The molecule has 1 amide bonds. The summed E-state index contributed by atoms with van der Waals surface area (Å²) in [6, 6.07) is 14.3. The number of hydrogen-bond acceptors (Lipinski definition) is 5. The average molecular weight is 401 g/mol. The van der Waals surface area contributed by atoms with Crippen molar-refractivity contribution in [2.24, 2.45) is 5.10 Å². The first kappa shape index (κ1) is 20.4. The standard InChI is InChI=1S/C21H21F2N3O3/c1-13(15-7-6-10-17(11-15)29-21(22)23)24-20(28)18-12-19(14(2)27)26(25-18)16-8-4-3-5-9-16/h3-11,13,19,21H,12H2,1-2H3,(H,24,28). The number of Topliss-reactive ketones (excluding diaryl/α,β-unsaturated/α-hetero) is 1. The Hall–Kier alpha value is -3.29. The van der Waals surface area contributed by atoms with Gasteiger partial charge in [-0.05, 0) is 43.7 Å². The number of amides is 1. The fourth-order valence-electron chi connectivity index (χ4n) is 3.11. The SMILES string of the molecule is CC(=O)C1CC(C(=O)NC(C)c2cccc(OC(F)F)c2)=NN1c1ccccc1. The van der Waals surface area contributed by atoms with Gasteiger partial charge < -0.3 is 10.1 Å². The van der Waals surface area contributed by atoms with Crippen LogP contribution in [0.5, 0.6) is 5.75 Å². The van der Waals surface area contributed by atoms with E-state index in [9.17, 15) is 18.4 Å². The quantitative estimate of drug-likeness (QED) is 0.768. The number of carbonyl (C=O) groups excluding carboxylic acids is 2.